The van der Waals surface area contributed by atoms with Crippen molar-refractivity contribution in [2.24, 2.45) is 11.3 Å². The molecule has 0 radical (unpaired) electrons. The van der Waals surface area contributed by atoms with Crippen LogP contribution in [-0.4, -0.2) is 47.4 Å². The lowest BCUT2D eigenvalue weighted by Gasteiger charge is -2.63. The van der Waals surface area contributed by atoms with Gasteiger partial charge in [-0.25, -0.2) is 0 Å². The van der Waals surface area contributed by atoms with Crippen LogP contribution in [0.15, 0.2) is 0 Å². The summed E-state index contributed by atoms with van der Waals surface area (Å²) in [5.41, 5.74) is 0.728. The predicted molar refractivity (Wildman–Crippen MR) is 65.2 cm³/mol. The van der Waals surface area contributed by atoms with Gasteiger partial charge in [-0.3, -0.25) is 9.69 Å². The number of amides is 1. The van der Waals surface area contributed by atoms with Gasteiger partial charge < -0.3 is 4.90 Å². The molecule has 0 N–H and O–H groups in total. The molecule has 0 aromatic carbocycles. The maximum absolute atomic E-state index is 11.7. The second-order valence-electron chi connectivity index (χ2n) is 6.88. The van der Waals surface area contributed by atoms with Crippen molar-refractivity contribution in [2.75, 3.05) is 26.2 Å². The fraction of sp³-hybridized carbons (Fsp3) is 0.923. The van der Waals surface area contributed by atoms with Crippen LogP contribution in [0.25, 0.3) is 0 Å². The van der Waals surface area contributed by atoms with Gasteiger partial charge in [0.15, 0.2) is 0 Å². The highest BCUT2D eigenvalue weighted by Crippen LogP contribution is 2.42. The lowest BCUT2D eigenvalue weighted by molar-refractivity contribution is -0.171. The maximum atomic E-state index is 11.7. The topological polar surface area (TPSA) is 23.6 Å². The standard InChI is InChI=1S/C13H24N2O/c1-10(2)11(16)14-6-13(7-14)8-15(9-13)12(3,4)5/h10H,6-9H2,1-5H3. The molecule has 16 heavy (non-hydrogen) atoms. The number of hydrogen-bond donors (Lipinski definition) is 0. The van der Waals surface area contributed by atoms with Crippen LogP contribution in [0.1, 0.15) is 34.6 Å². The van der Waals surface area contributed by atoms with E-state index in [-0.39, 0.29) is 11.5 Å². The summed E-state index contributed by atoms with van der Waals surface area (Å²) in [5, 5.41) is 0. The first-order valence-electron chi connectivity index (χ1n) is 6.27. The third kappa shape index (κ3) is 1.86. The number of likely N-dealkylation sites (tertiary alicyclic amines) is 2. The van der Waals surface area contributed by atoms with Crippen molar-refractivity contribution in [1.29, 1.82) is 0 Å². The van der Waals surface area contributed by atoms with Gasteiger partial charge in [-0.05, 0) is 20.8 Å². The Morgan fingerprint density at radius 3 is 2.00 bits per heavy atom. The van der Waals surface area contributed by atoms with Crippen molar-refractivity contribution >= 4 is 5.91 Å². The molecular weight excluding hydrogens is 200 g/mol. The molecule has 1 spiro atoms. The number of rotatable bonds is 1. The zero-order valence-electron chi connectivity index (χ0n) is 11.2. The Bertz CT molecular complexity index is 290. The molecule has 3 heteroatoms. The molecule has 0 unspecified atom stereocenters. The summed E-state index contributed by atoms with van der Waals surface area (Å²) < 4.78 is 0. The average Bonchev–Trinajstić information content (AvgIpc) is 1.95. The minimum Gasteiger partial charge on any atom is -0.341 e. The molecule has 3 nitrogen and oxygen atoms in total. The highest BCUT2D eigenvalue weighted by molar-refractivity contribution is 5.79. The highest BCUT2D eigenvalue weighted by atomic mass is 16.2. The van der Waals surface area contributed by atoms with Crippen LogP contribution in [0.2, 0.25) is 0 Å². The van der Waals surface area contributed by atoms with Crippen LogP contribution in [0, 0.1) is 11.3 Å². The van der Waals surface area contributed by atoms with Gasteiger partial charge >= 0.3 is 0 Å². The van der Waals surface area contributed by atoms with E-state index in [1.807, 2.05) is 18.7 Å². The summed E-state index contributed by atoms with van der Waals surface area (Å²) in [4.78, 5) is 16.3. The third-order valence-corrected chi connectivity index (χ3v) is 3.86. The fourth-order valence-corrected chi connectivity index (χ4v) is 2.72. The molecular formula is C13H24N2O. The van der Waals surface area contributed by atoms with Crippen LogP contribution < -0.4 is 0 Å². The molecule has 1 amide bonds. The van der Waals surface area contributed by atoms with E-state index in [4.69, 9.17) is 0 Å². The molecule has 2 rings (SSSR count). The van der Waals surface area contributed by atoms with Crippen LogP contribution in [0.5, 0.6) is 0 Å². The second-order valence-corrected chi connectivity index (χ2v) is 6.88. The summed E-state index contributed by atoms with van der Waals surface area (Å²) >= 11 is 0. The zero-order valence-corrected chi connectivity index (χ0v) is 11.2. The molecule has 2 aliphatic rings. The van der Waals surface area contributed by atoms with Crippen LogP contribution in [0.3, 0.4) is 0 Å². The Kier molecular flexibility index (Phi) is 2.57. The van der Waals surface area contributed by atoms with Crippen LogP contribution >= 0.6 is 0 Å². The van der Waals surface area contributed by atoms with Gasteiger partial charge in [0.1, 0.15) is 0 Å². The first-order valence-corrected chi connectivity index (χ1v) is 6.27. The molecule has 0 aromatic heterocycles. The number of carbonyl (C=O) groups excluding carboxylic acids is 1. The normalized spacial score (nSPS) is 24.5. The SMILES string of the molecule is CC(C)C(=O)N1CC2(C1)CN(C(C)(C)C)C2. The summed E-state index contributed by atoms with van der Waals surface area (Å²) in [5.74, 6) is 0.468. The molecule has 0 atom stereocenters. The van der Waals surface area contributed by atoms with Crippen molar-refractivity contribution in [1.82, 2.24) is 9.80 Å². The number of hydrogen-bond acceptors (Lipinski definition) is 2. The number of nitrogens with zero attached hydrogens (tertiary/aromatic N) is 2. The Balaban J connectivity index is 1.81. The Labute approximate surface area is 98.8 Å². The minimum atomic E-state index is 0.149. The Morgan fingerprint density at radius 1 is 1.12 bits per heavy atom. The molecule has 0 aromatic rings. The lowest BCUT2D eigenvalue weighted by Crippen LogP contribution is -2.75. The van der Waals surface area contributed by atoms with E-state index in [0.717, 1.165) is 13.1 Å². The van der Waals surface area contributed by atoms with Crippen molar-refractivity contribution in [3.63, 3.8) is 0 Å². The smallest absolute Gasteiger partial charge is 0.225 e. The first-order chi connectivity index (χ1) is 7.23. The highest BCUT2D eigenvalue weighted by Gasteiger charge is 2.55. The fourth-order valence-electron chi connectivity index (χ4n) is 2.72. The lowest BCUT2D eigenvalue weighted by atomic mass is 9.70. The van der Waals surface area contributed by atoms with Gasteiger partial charge in [0, 0.05) is 43.1 Å². The van der Waals surface area contributed by atoms with E-state index in [1.54, 1.807) is 0 Å². The molecule has 0 bridgehead atoms. The second kappa shape index (κ2) is 3.46. The van der Waals surface area contributed by atoms with Crippen molar-refractivity contribution in [2.45, 2.75) is 40.2 Å². The molecule has 2 aliphatic heterocycles. The van der Waals surface area contributed by atoms with E-state index in [1.165, 1.54) is 13.1 Å². The maximum Gasteiger partial charge on any atom is 0.225 e. The average molecular weight is 224 g/mol. The van der Waals surface area contributed by atoms with Gasteiger partial charge in [-0.2, -0.15) is 0 Å². The number of carbonyl (C=O) groups is 1. The van der Waals surface area contributed by atoms with Crippen LogP contribution in [0.4, 0.5) is 0 Å². The van der Waals surface area contributed by atoms with E-state index in [0.29, 0.717) is 11.3 Å². The van der Waals surface area contributed by atoms with E-state index < -0.39 is 0 Å². The third-order valence-electron chi connectivity index (χ3n) is 3.86. The monoisotopic (exact) mass is 224 g/mol. The van der Waals surface area contributed by atoms with E-state index in [2.05, 4.69) is 25.7 Å². The summed E-state index contributed by atoms with van der Waals surface area (Å²) in [7, 11) is 0. The van der Waals surface area contributed by atoms with Crippen LogP contribution in [-0.2, 0) is 4.79 Å². The largest absolute Gasteiger partial charge is 0.341 e. The van der Waals surface area contributed by atoms with Gasteiger partial charge in [0.2, 0.25) is 5.91 Å². The molecule has 2 saturated heterocycles. The first kappa shape index (κ1) is 11.9. The molecule has 0 aliphatic carbocycles. The van der Waals surface area contributed by atoms with Gasteiger partial charge in [-0.15, -0.1) is 0 Å². The minimum absolute atomic E-state index is 0.149. The summed E-state index contributed by atoms with van der Waals surface area (Å²) in [6.07, 6.45) is 0. The Morgan fingerprint density at radius 2 is 1.62 bits per heavy atom. The molecule has 92 valence electrons. The van der Waals surface area contributed by atoms with Crippen molar-refractivity contribution in [3.05, 3.63) is 0 Å². The van der Waals surface area contributed by atoms with Gasteiger partial charge in [0.25, 0.3) is 0 Å². The van der Waals surface area contributed by atoms with Crippen molar-refractivity contribution in [3.8, 4) is 0 Å². The molecule has 2 fully saturated rings. The molecule has 2 heterocycles. The van der Waals surface area contributed by atoms with Gasteiger partial charge in [0.05, 0.1) is 0 Å². The predicted octanol–water partition coefficient (Wildman–Crippen LogP) is 1.59. The van der Waals surface area contributed by atoms with Gasteiger partial charge in [-0.1, -0.05) is 13.8 Å². The quantitative estimate of drug-likeness (QED) is 0.675. The molecule has 0 saturated carbocycles. The zero-order chi connectivity index (χ0) is 12.1. The summed E-state index contributed by atoms with van der Waals surface area (Å²) in [6.45, 7) is 15.0. The Hall–Kier alpha value is -0.570. The van der Waals surface area contributed by atoms with Crippen molar-refractivity contribution < 1.29 is 4.79 Å². The van der Waals surface area contributed by atoms with E-state index in [9.17, 15) is 4.79 Å². The summed E-state index contributed by atoms with van der Waals surface area (Å²) in [6, 6.07) is 0. The van der Waals surface area contributed by atoms with E-state index >= 15 is 0 Å².